The third-order valence-corrected chi connectivity index (χ3v) is 12.6. The largest absolute Gasteiger partial charge is 0.247 e. The van der Waals surface area contributed by atoms with Crippen LogP contribution in [0.25, 0.3) is 89.1 Å². The summed E-state index contributed by atoms with van der Waals surface area (Å²) in [6.07, 6.45) is 8.39. The van der Waals surface area contributed by atoms with E-state index in [1.807, 2.05) is 25.1 Å². The predicted octanol–water partition coefficient (Wildman–Crippen LogP) is 15.5. The van der Waals surface area contributed by atoms with Gasteiger partial charge in [-0.05, 0) is 63.4 Å². The number of benzene rings is 8. The maximum atomic E-state index is 5.62. The maximum Gasteiger partial charge on any atom is 0.160 e. The lowest BCUT2D eigenvalue weighted by Crippen LogP contribution is -2.28. The summed E-state index contributed by atoms with van der Waals surface area (Å²) < 4.78 is 0. The van der Waals surface area contributed by atoms with E-state index in [1.165, 1.54) is 27.8 Å². The number of pyridine rings is 1. The molecule has 3 heteroatoms. The van der Waals surface area contributed by atoms with Gasteiger partial charge in [-0.1, -0.05) is 225 Å². The van der Waals surface area contributed by atoms with Gasteiger partial charge in [-0.25, -0.2) is 15.0 Å². The van der Waals surface area contributed by atoms with Crippen LogP contribution < -0.4 is 0 Å². The lowest BCUT2D eigenvalue weighted by molar-refractivity contribution is 0.771. The molecular weight excluding hydrogens is 775 g/mol. The van der Waals surface area contributed by atoms with Crippen LogP contribution in [0.4, 0.5) is 0 Å². The zero-order valence-corrected chi connectivity index (χ0v) is 35.5. The van der Waals surface area contributed by atoms with Crippen LogP contribution in [0.15, 0.2) is 243 Å². The van der Waals surface area contributed by atoms with Crippen molar-refractivity contribution in [1.82, 2.24) is 15.0 Å². The van der Waals surface area contributed by atoms with Gasteiger partial charge in [0.2, 0.25) is 0 Å². The van der Waals surface area contributed by atoms with Crippen LogP contribution in [-0.2, 0) is 5.41 Å². The average molecular weight is 818 g/mol. The van der Waals surface area contributed by atoms with E-state index in [0.717, 1.165) is 77.7 Å². The van der Waals surface area contributed by atoms with Gasteiger partial charge in [0.1, 0.15) is 0 Å². The number of fused-ring (bicyclic) bond motifs is 7. The normalized spacial score (nSPS) is 14.3. The van der Waals surface area contributed by atoms with Crippen LogP contribution in [-0.4, -0.2) is 15.0 Å². The number of hydrogen-bond donors (Lipinski definition) is 0. The number of allylic oxidation sites excluding steroid dienone is 5. The van der Waals surface area contributed by atoms with E-state index >= 15 is 0 Å². The summed E-state index contributed by atoms with van der Waals surface area (Å²) in [4.78, 5) is 16.4. The van der Waals surface area contributed by atoms with Gasteiger partial charge in [0, 0.05) is 38.6 Å². The van der Waals surface area contributed by atoms with E-state index < -0.39 is 5.41 Å². The van der Waals surface area contributed by atoms with Gasteiger partial charge in [0.15, 0.2) is 5.82 Å². The molecule has 8 aromatic carbocycles. The van der Waals surface area contributed by atoms with Crippen LogP contribution >= 0.6 is 0 Å². The second kappa shape index (κ2) is 16.2. The van der Waals surface area contributed by atoms with Gasteiger partial charge in [-0.3, -0.25) is 0 Å². The Morgan fingerprint density at radius 1 is 0.453 bits per heavy atom. The van der Waals surface area contributed by atoms with Gasteiger partial charge in [-0.2, -0.15) is 0 Å². The first-order valence-corrected chi connectivity index (χ1v) is 21.8. The molecule has 0 spiro atoms. The Hall–Kier alpha value is -8.27. The highest BCUT2D eigenvalue weighted by Gasteiger charge is 2.47. The first-order chi connectivity index (χ1) is 31.6. The second-order valence-electron chi connectivity index (χ2n) is 16.3. The number of hydrogen-bond acceptors (Lipinski definition) is 3. The highest BCUT2D eigenvalue weighted by atomic mass is 14.9. The van der Waals surface area contributed by atoms with Crippen molar-refractivity contribution < 1.29 is 0 Å². The molecule has 1 aliphatic carbocycles. The van der Waals surface area contributed by atoms with Crippen LogP contribution in [0, 0.1) is 0 Å². The number of aromatic nitrogens is 3. The Kier molecular flexibility index (Phi) is 9.79. The van der Waals surface area contributed by atoms with Crippen LogP contribution in [0.3, 0.4) is 0 Å². The van der Waals surface area contributed by atoms with E-state index in [9.17, 15) is 0 Å². The summed E-state index contributed by atoms with van der Waals surface area (Å²) >= 11 is 0. The summed E-state index contributed by atoms with van der Waals surface area (Å²) in [5.74, 6) is 0.679. The zero-order chi connectivity index (χ0) is 43.0. The van der Waals surface area contributed by atoms with Gasteiger partial charge >= 0.3 is 0 Å². The molecule has 0 N–H and O–H groups in total. The van der Waals surface area contributed by atoms with Crippen molar-refractivity contribution in [2.24, 2.45) is 0 Å². The van der Waals surface area contributed by atoms with Crippen molar-refractivity contribution in [2.75, 3.05) is 0 Å². The molecule has 0 bridgehead atoms. The van der Waals surface area contributed by atoms with Crippen molar-refractivity contribution in [3.8, 4) is 67.4 Å². The quantitative estimate of drug-likeness (QED) is 0.108. The molecule has 0 saturated heterocycles. The Labute approximate surface area is 374 Å². The summed E-state index contributed by atoms with van der Waals surface area (Å²) in [6.45, 7) is 6.89. The van der Waals surface area contributed by atoms with Gasteiger partial charge in [-0.15, -0.1) is 0 Å². The molecule has 2 aromatic heterocycles. The highest BCUT2D eigenvalue weighted by Crippen LogP contribution is 2.59. The number of para-hydroxylation sites is 1. The molecule has 10 aromatic rings. The molecule has 64 heavy (non-hydrogen) atoms. The van der Waals surface area contributed by atoms with Gasteiger partial charge < -0.3 is 0 Å². The molecular formula is C61H43N3. The Morgan fingerprint density at radius 2 is 1.03 bits per heavy atom. The lowest BCUT2D eigenvalue weighted by atomic mass is 9.67. The molecule has 11 rings (SSSR count). The number of rotatable bonds is 9. The van der Waals surface area contributed by atoms with Gasteiger partial charge in [0.25, 0.3) is 0 Å². The lowest BCUT2D eigenvalue weighted by Gasteiger charge is -2.34. The summed E-state index contributed by atoms with van der Waals surface area (Å²) in [7, 11) is 0. The molecule has 0 saturated carbocycles. The minimum Gasteiger partial charge on any atom is -0.247 e. The van der Waals surface area contributed by atoms with E-state index in [1.54, 1.807) is 0 Å². The van der Waals surface area contributed by atoms with E-state index in [0.29, 0.717) is 5.82 Å². The van der Waals surface area contributed by atoms with Crippen molar-refractivity contribution in [2.45, 2.75) is 12.3 Å². The Balaban J connectivity index is 1.23. The fourth-order valence-electron chi connectivity index (χ4n) is 9.84. The van der Waals surface area contributed by atoms with E-state index in [-0.39, 0.29) is 0 Å². The summed E-state index contributed by atoms with van der Waals surface area (Å²) in [6, 6.07) is 72.9. The molecule has 0 amide bonds. The number of nitrogens with zero attached hydrogens (tertiary/aromatic N) is 3. The van der Waals surface area contributed by atoms with Crippen LogP contribution in [0.5, 0.6) is 0 Å². The summed E-state index contributed by atoms with van der Waals surface area (Å²) in [5.41, 5.74) is 15.9. The van der Waals surface area contributed by atoms with Crippen molar-refractivity contribution in [1.29, 1.82) is 0 Å². The molecule has 2 heterocycles. The fourth-order valence-corrected chi connectivity index (χ4v) is 9.84. The highest BCUT2D eigenvalue weighted by molar-refractivity contribution is 6.18. The monoisotopic (exact) mass is 817 g/mol. The van der Waals surface area contributed by atoms with Gasteiger partial charge in [0.05, 0.1) is 28.0 Å². The molecule has 0 fully saturated rings. The maximum absolute atomic E-state index is 5.62. The average Bonchev–Trinajstić information content (AvgIpc) is 3.68. The van der Waals surface area contributed by atoms with Crippen molar-refractivity contribution in [3.05, 3.63) is 259 Å². The molecule has 1 atom stereocenters. The SMILES string of the molecule is C=C(/C=C\C=C/C)C1(c2ccccc2)c2ccccc2-c2c1ccc1c2c(-c2cccc(-c3c(-c4ccccc4)nc(-c4ccccc4)nc3-c3ccccc3)c2)nc2ccccc21. The van der Waals surface area contributed by atoms with Crippen LogP contribution in [0.1, 0.15) is 23.6 Å². The molecule has 302 valence electrons. The zero-order valence-electron chi connectivity index (χ0n) is 35.5. The standard InChI is InChI=1S/C61H43N3/c1-3-4-9-23-41(2)61(47-32-16-8-17-33-47)51-36-20-18-35-50(51)55-52(61)39-38-49-48-34-19-21-37-53(48)62-59(56(49)55)46-31-22-30-45(40-46)54-57(42-24-10-5-11-25-42)63-60(44-28-14-7-15-29-44)64-58(54)43-26-12-6-13-27-43/h3-40H,2H2,1H3/b4-3-,23-9-. The molecule has 1 aliphatic rings. The third-order valence-electron chi connectivity index (χ3n) is 12.6. The second-order valence-corrected chi connectivity index (χ2v) is 16.3. The first kappa shape index (κ1) is 38.6. The van der Waals surface area contributed by atoms with Crippen molar-refractivity contribution >= 4 is 21.7 Å². The first-order valence-electron chi connectivity index (χ1n) is 21.8. The fraction of sp³-hybridized carbons (Fsp3) is 0.0328. The minimum absolute atomic E-state index is 0.642. The van der Waals surface area contributed by atoms with Crippen LogP contribution in [0.2, 0.25) is 0 Å². The Bertz CT molecular complexity index is 3380. The van der Waals surface area contributed by atoms with E-state index in [4.69, 9.17) is 21.5 Å². The Morgan fingerprint density at radius 3 is 1.72 bits per heavy atom. The summed E-state index contributed by atoms with van der Waals surface area (Å²) in [5, 5.41) is 3.39. The van der Waals surface area contributed by atoms with E-state index in [2.05, 4.69) is 212 Å². The molecule has 1 unspecified atom stereocenters. The van der Waals surface area contributed by atoms with Crippen molar-refractivity contribution in [3.63, 3.8) is 0 Å². The minimum atomic E-state index is -0.642. The third kappa shape index (κ3) is 6.32. The molecule has 0 radical (unpaired) electrons. The molecule has 0 aliphatic heterocycles. The topological polar surface area (TPSA) is 38.7 Å². The predicted molar refractivity (Wildman–Crippen MR) is 267 cm³/mol. The smallest absolute Gasteiger partial charge is 0.160 e. The molecule has 3 nitrogen and oxygen atoms in total.